The summed E-state index contributed by atoms with van der Waals surface area (Å²) in [5.74, 6) is 2.68. The van der Waals surface area contributed by atoms with Crippen molar-refractivity contribution in [2.45, 2.75) is 51.5 Å². The molecule has 0 amide bonds. The molecule has 7 nitrogen and oxygen atoms in total. The SMILES string of the molecule is C[C@H]1CC[C@H](Nc2ncc(-c3ccc(N4CCOCC4)cc3)c(OCC3CCOCC3)n2)CC1. The molecule has 2 aliphatic heterocycles. The van der Waals surface area contributed by atoms with Crippen LogP contribution >= 0.6 is 0 Å². The maximum absolute atomic E-state index is 6.35. The van der Waals surface area contributed by atoms with Gasteiger partial charge in [-0.25, -0.2) is 4.98 Å². The summed E-state index contributed by atoms with van der Waals surface area (Å²) in [7, 11) is 0. The molecular weight excluding hydrogens is 428 g/mol. The highest BCUT2D eigenvalue weighted by Crippen LogP contribution is 2.32. The summed E-state index contributed by atoms with van der Waals surface area (Å²) >= 11 is 0. The second-order valence-corrected chi connectivity index (χ2v) is 10.0. The lowest BCUT2D eigenvalue weighted by Crippen LogP contribution is -2.36. The Bertz CT molecular complexity index is 903. The van der Waals surface area contributed by atoms with Gasteiger partial charge in [0, 0.05) is 44.2 Å². The van der Waals surface area contributed by atoms with E-state index in [1.165, 1.54) is 31.4 Å². The number of hydrogen-bond donors (Lipinski definition) is 1. The van der Waals surface area contributed by atoms with Gasteiger partial charge in [-0.05, 0) is 68.1 Å². The zero-order chi connectivity index (χ0) is 23.2. The minimum atomic E-state index is 0.443. The predicted octanol–water partition coefficient (Wildman–Crippen LogP) is 4.78. The summed E-state index contributed by atoms with van der Waals surface area (Å²) in [4.78, 5) is 11.9. The van der Waals surface area contributed by atoms with E-state index in [2.05, 4.69) is 46.4 Å². The van der Waals surface area contributed by atoms with Crippen LogP contribution in [0.25, 0.3) is 11.1 Å². The van der Waals surface area contributed by atoms with E-state index < -0.39 is 0 Å². The highest BCUT2D eigenvalue weighted by atomic mass is 16.5. The van der Waals surface area contributed by atoms with Crippen molar-refractivity contribution in [2.75, 3.05) is 56.3 Å². The zero-order valence-corrected chi connectivity index (χ0v) is 20.4. The van der Waals surface area contributed by atoms with Gasteiger partial charge in [0.2, 0.25) is 11.8 Å². The number of morpholine rings is 1. The largest absolute Gasteiger partial charge is 0.477 e. The molecule has 0 atom stereocenters. The molecule has 1 aromatic heterocycles. The van der Waals surface area contributed by atoms with Crippen LogP contribution in [0, 0.1) is 11.8 Å². The number of nitrogens with zero attached hydrogens (tertiary/aromatic N) is 3. The normalized spacial score (nSPS) is 24.1. The fraction of sp³-hybridized carbons (Fsp3) is 0.630. The molecule has 0 bridgehead atoms. The minimum absolute atomic E-state index is 0.443. The number of benzene rings is 1. The van der Waals surface area contributed by atoms with Gasteiger partial charge in [0.25, 0.3) is 0 Å². The molecule has 1 N–H and O–H groups in total. The van der Waals surface area contributed by atoms with Gasteiger partial charge in [-0.15, -0.1) is 0 Å². The minimum Gasteiger partial charge on any atom is -0.477 e. The van der Waals surface area contributed by atoms with Gasteiger partial charge in [0.05, 0.1) is 25.4 Å². The molecule has 0 unspecified atom stereocenters. The van der Waals surface area contributed by atoms with E-state index in [9.17, 15) is 0 Å². The van der Waals surface area contributed by atoms with E-state index in [0.29, 0.717) is 30.4 Å². The Balaban J connectivity index is 1.33. The molecule has 3 fully saturated rings. The Morgan fingerprint density at radius 1 is 0.941 bits per heavy atom. The van der Waals surface area contributed by atoms with E-state index in [1.54, 1.807) is 0 Å². The number of aromatic nitrogens is 2. The topological polar surface area (TPSA) is 68.7 Å². The fourth-order valence-electron chi connectivity index (χ4n) is 5.11. The molecule has 184 valence electrons. The zero-order valence-electron chi connectivity index (χ0n) is 20.4. The predicted molar refractivity (Wildman–Crippen MR) is 135 cm³/mol. The first-order valence-electron chi connectivity index (χ1n) is 13.0. The van der Waals surface area contributed by atoms with Gasteiger partial charge >= 0.3 is 0 Å². The summed E-state index contributed by atoms with van der Waals surface area (Å²) in [6.45, 7) is 8.08. The molecule has 1 aromatic carbocycles. The Morgan fingerprint density at radius 2 is 1.65 bits per heavy atom. The second-order valence-electron chi connectivity index (χ2n) is 10.0. The molecule has 3 heterocycles. The first kappa shape index (κ1) is 23.4. The average molecular weight is 467 g/mol. The van der Waals surface area contributed by atoms with Crippen LogP contribution in [0.4, 0.5) is 11.6 Å². The third kappa shape index (κ3) is 5.99. The highest BCUT2D eigenvalue weighted by molar-refractivity contribution is 5.70. The molecule has 7 heteroatoms. The van der Waals surface area contributed by atoms with Gasteiger partial charge < -0.3 is 24.4 Å². The number of rotatable bonds is 7. The third-order valence-corrected chi connectivity index (χ3v) is 7.45. The molecule has 34 heavy (non-hydrogen) atoms. The first-order chi connectivity index (χ1) is 16.7. The maximum atomic E-state index is 6.35. The monoisotopic (exact) mass is 466 g/mol. The van der Waals surface area contributed by atoms with Crippen LogP contribution in [0.15, 0.2) is 30.5 Å². The van der Waals surface area contributed by atoms with Gasteiger partial charge in [-0.3, -0.25) is 0 Å². The van der Waals surface area contributed by atoms with Crippen molar-refractivity contribution in [1.82, 2.24) is 9.97 Å². The first-order valence-corrected chi connectivity index (χ1v) is 13.0. The van der Waals surface area contributed by atoms with Crippen LogP contribution in [0.2, 0.25) is 0 Å². The number of anilines is 2. The number of hydrogen-bond acceptors (Lipinski definition) is 7. The van der Waals surface area contributed by atoms with Crippen LogP contribution in [-0.2, 0) is 9.47 Å². The van der Waals surface area contributed by atoms with Gasteiger partial charge in [0.1, 0.15) is 0 Å². The van der Waals surface area contributed by atoms with E-state index in [4.69, 9.17) is 19.2 Å². The molecule has 1 saturated carbocycles. The molecular formula is C27H38N4O3. The smallest absolute Gasteiger partial charge is 0.226 e. The Labute approximate surface area is 203 Å². The van der Waals surface area contributed by atoms with Crippen LogP contribution < -0.4 is 15.0 Å². The Hall–Kier alpha value is -2.38. The van der Waals surface area contributed by atoms with Crippen LogP contribution in [-0.4, -0.2) is 62.1 Å². The molecule has 3 aliphatic rings. The lowest BCUT2D eigenvalue weighted by molar-refractivity contribution is 0.0491. The molecule has 5 rings (SSSR count). The molecule has 0 spiro atoms. The van der Waals surface area contributed by atoms with Crippen LogP contribution in [0.1, 0.15) is 45.4 Å². The quantitative estimate of drug-likeness (QED) is 0.630. The van der Waals surface area contributed by atoms with E-state index in [1.807, 2.05) is 6.20 Å². The van der Waals surface area contributed by atoms with Crippen molar-refractivity contribution in [3.63, 3.8) is 0 Å². The van der Waals surface area contributed by atoms with Crippen molar-refractivity contribution in [2.24, 2.45) is 11.8 Å². The van der Waals surface area contributed by atoms with Crippen LogP contribution in [0.5, 0.6) is 5.88 Å². The van der Waals surface area contributed by atoms with Crippen molar-refractivity contribution in [3.8, 4) is 17.0 Å². The van der Waals surface area contributed by atoms with Gasteiger partial charge in [-0.2, -0.15) is 4.98 Å². The average Bonchev–Trinajstić information content (AvgIpc) is 2.90. The van der Waals surface area contributed by atoms with Crippen molar-refractivity contribution >= 4 is 11.6 Å². The highest BCUT2D eigenvalue weighted by Gasteiger charge is 2.21. The third-order valence-electron chi connectivity index (χ3n) is 7.45. The molecule has 0 radical (unpaired) electrons. The lowest BCUT2D eigenvalue weighted by Gasteiger charge is -2.29. The number of nitrogens with one attached hydrogen (secondary N) is 1. The number of ether oxygens (including phenoxy) is 3. The van der Waals surface area contributed by atoms with E-state index >= 15 is 0 Å². The van der Waals surface area contributed by atoms with Gasteiger partial charge in [0.15, 0.2) is 0 Å². The molecule has 1 aliphatic carbocycles. The second kappa shape index (κ2) is 11.4. The van der Waals surface area contributed by atoms with Crippen molar-refractivity contribution in [1.29, 1.82) is 0 Å². The molecule has 2 aromatic rings. The van der Waals surface area contributed by atoms with Gasteiger partial charge in [-0.1, -0.05) is 19.1 Å². The molecule has 2 saturated heterocycles. The summed E-state index contributed by atoms with van der Waals surface area (Å²) < 4.78 is 17.4. The maximum Gasteiger partial charge on any atom is 0.226 e. The summed E-state index contributed by atoms with van der Waals surface area (Å²) in [5, 5.41) is 3.57. The summed E-state index contributed by atoms with van der Waals surface area (Å²) in [6.07, 6.45) is 8.88. The lowest BCUT2D eigenvalue weighted by atomic mass is 9.87. The summed E-state index contributed by atoms with van der Waals surface area (Å²) in [6, 6.07) is 9.11. The Kier molecular flexibility index (Phi) is 7.81. The van der Waals surface area contributed by atoms with Crippen molar-refractivity contribution < 1.29 is 14.2 Å². The van der Waals surface area contributed by atoms with E-state index in [-0.39, 0.29) is 0 Å². The Morgan fingerprint density at radius 3 is 2.38 bits per heavy atom. The van der Waals surface area contributed by atoms with Crippen molar-refractivity contribution in [3.05, 3.63) is 30.5 Å². The fourth-order valence-corrected chi connectivity index (χ4v) is 5.11. The summed E-state index contributed by atoms with van der Waals surface area (Å²) in [5.41, 5.74) is 3.25. The van der Waals surface area contributed by atoms with Crippen LogP contribution in [0.3, 0.4) is 0 Å². The van der Waals surface area contributed by atoms with E-state index in [0.717, 1.165) is 69.4 Å². The standard InChI is InChI=1S/C27H38N4O3/c1-20-2-6-23(7-3-20)29-27-28-18-25(26(30-27)34-19-21-10-14-32-15-11-21)22-4-8-24(9-5-22)31-12-16-33-17-13-31/h4-5,8-9,18,20-21,23H,2-3,6-7,10-17,19H2,1H3,(H,28,29,30)/t20-,23-.